The van der Waals surface area contributed by atoms with Crippen molar-refractivity contribution < 1.29 is 33.3 Å². The Labute approximate surface area is 233 Å². The van der Waals surface area contributed by atoms with Gasteiger partial charge in [0.05, 0.1) is 24.2 Å². The Morgan fingerprint density at radius 1 is 1.18 bits per heavy atom. The average Bonchev–Trinajstić information content (AvgIpc) is 2.90. The van der Waals surface area contributed by atoms with Gasteiger partial charge in [-0.1, -0.05) is 11.6 Å². The monoisotopic (exact) mass is 551 g/mol. The summed E-state index contributed by atoms with van der Waals surface area (Å²) in [5.74, 6) is 0.243. The molecule has 9 nitrogen and oxygen atoms in total. The van der Waals surface area contributed by atoms with Crippen LogP contribution < -0.4 is 20.4 Å². The number of hydrogen-bond acceptors (Lipinski definition) is 8. The third-order valence-corrected chi connectivity index (χ3v) is 7.16. The Hall–Kier alpha value is -3.82. The van der Waals surface area contributed by atoms with Crippen molar-refractivity contribution in [2.75, 3.05) is 19.5 Å². The molecule has 1 aliphatic rings. The first-order valence-electron chi connectivity index (χ1n) is 13.2. The van der Waals surface area contributed by atoms with Crippen LogP contribution in [0.25, 0.3) is 11.0 Å². The van der Waals surface area contributed by atoms with Crippen molar-refractivity contribution in [1.82, 2.24) is 0 Å². The molecule has 9 heteroatoms. The minimum absolute atomic E-state index is 0.0356. The number of allylic oxidation sites excluding steroid dienone is 2. The van der Waals surface area contributed by atoms with Gasteiger partial charge in [-0.3, -0.25) is 4.79 Å². The predicted octanol–water partition coefficient (Wildman–Crippen LogP) is 5.89. The lowest BCUT2D eigenvalue weighted by molar-refractivity contribution is -0.233. The highest BCUT2D eigenvalue weighted by molar-refractivity contribution is 6.06. The van der Waals surface area contributed by atoms with Crippen molar-refractivity contribution in [3.63, 3.8) is 0 Å². The molecule has 214 valence electrons. The quantitative estimate of drug-likeness (QED) is 0.263. The van der Waals surface area contributed by atoms with Gasteiger partial charge in [0.2, 0.25) is 6.29 Å². The van der Waals surface area contributed by atoms with Gasteiger partial charge in [-0.2, -0.15) is 0 Å². The van der Waals surface area contributed by atoms with Crippen molar-refractivity contribution in [1.29, 1.82) is 0 Å². The van der Waals surface area contributed by atoms with E-state index in [9.17, 15) is 14.7 Å². The zero-order chi connectivity index (χ0) is 29.2. The number of aromatic hydroxyl groups is 1. The molecule has 0 spiro atoms. The molecule has 2 unspecified atom stereocenters. The third kappa shape index (κ3) is 6.00. The molecule has 0 bridgehead atoms. The summed E-state index contributed by atoms with van der Waals surface area (Å²) in [4.78, 5) is 26.2. The highest BCUT2D eigenvalue weighted by atomic mass is 16.7. The lowest BCUT2D eigenvalue weighted by Gasteiger charge is -2.41. The number of benzene rings is 2. The molecule has 2 atom stereocenters. The van der Waals surface area contributed by atoms with Crippen LogP contribution in [0.2, 0.25) is 0 Å². The number of anilines is 1. The van der Waals surface area contributed by atoms with Crippen LogP contribution in [0.3, 0.4) is 0 Å². The lowest BCUT2D eigenvalue weighted by atomic mass is 9.94. The number of phenols is 1. The van der Waals surface area contributed by atoms with Crippen LogP contribution in [-0.4, -0.2) is 43.2 Å². The van der Waals surface area contributed by atoms with Crippen LogP contribution >= 0.6 is 0 Å². The molecule has 3 aromatic rings. The van der Waals surface area contributed by atoms with Crippen LogP contribution in [0.5, 0.6) is 17.2 Å². The van der Waals surface area contributed by atoms with Crippen molar-refractivity contribution in [3.05, 3.63) is 69.1 Å². The number of fused-ring (bicyclic) bond motifs is 1. The standard InChI is InChI=1S/C31H37NO8/c1-17(2)8-9-19-16-20(10-12-22(19)33)29(34)32-26-28(37-7)21-11-13-23(18(3)27(21)39-30(26)35)38-25-15-14-24(36-6)31(4,5)40-25/h8,10-13,16,24-25,33H,9,14-15H2,1-7H3,(H,32,34). The fraction of sp³-hybridized carbons (Fsp3) is 0.419. The smallest absolute Gasteiger partial charge is 0.364 e. The number of carbonyl (C=O) groups excluding carboxylic acids is 1. The van der Waals surface area contributed by atoms with Gasteiger partial charge in [-0.05, 0) is 83.4 Å². The molecule has 1 saturated heterocycles. The molecule has 2 aromatic carbocycles. The van der Waals surface area contributed by atoms with Crippen molar-refractivity contribution >= 4 is 22.6 Å². The van der Waals surface area contributed by atoms with Gasteiger partial charge < -0.3 is 33.8 Å². The summed E-state index contributed by atoms with van der Waals surface area (Å²) in [5.41, 5.74) is 1.45. The number of nitrogens with one attached hydrogen (secondary N) is 1. The highest BCUT2D eigenvalue weighted by Gasteiger charge is 2.39. The van der Waals surface area contributed by atoms with E-state index in [0.29, 0.717) is 35.1 Å². The second-order valence-electron chi connectivity index (χ2n) is 10.7. The van der Waals surface area contributed by atoms with Crippen molar-refractivity contribution in [2.24, 2.45) is 0 Å². The molecular weight excluding hydrogens is 514 g/mol. The number of ether oxygens (including phenoxy) is 4. The van der Waals surface area contributed by atoms with E-state index in [2.05, 4.69) is 5.32 Å². The molecule has 0 aliphatic carbocycles. The van der Waals surface area contributed by atoms with E-state index in [1.54, 1.807) is 32.2 Å². The number of phenolic OH excluding ortho intramolecular Hbond substituents is 1. The van der Waals surface area contributed by atoms with E-state index in [0.717, 1.165) is 12.0 Å². The Balaban J connectivity index is 1.63. The maximum absolute atomic E-state index is 13.1. The summed E-state index contributed by atoms with van der Waals surface area (Å²) in [6.07, 6.45) is 3.32. The average molecular weight is 552 g/mol. The maximum atomic E-state index is 13.1. The minimum Gasteiger partial charge on any atom is -0.508 e. The lowest BCUT2D eigenvalue weighted by Crippen LogP contribution is -2.49. The number of carbonyl (C=O) groups is 1. The van der Waals surface area contributed by atoms with Crippen LogP contribution in [0, 0.1) is 6.92 Å². The Bertz CT molecular complexity index is 1500. The SMILES string of the molecule is COc1c(NC(=O)c2ccc(O)c(CC=C(C)C)c2)c(=O)oc2c(C)c(OC3CCC(OC)C(C)(C)O3)ccc12. The molecule has 1 aromatic heterocycles. The van der Waals surface area contributed by atoms with Crippen LogP contribution in [0.4, 0.5) is 5.69 Å². The number of methoxy groups -OCH3 is 2. The second kappa shape index (κ2) is 11.7. The van der Waals surface area contributed by atoms with E-state index in [1.807, 2.05) is 33.8 Å². The largest absolute Gasteiger partial charge is 0.508 e. The van der Waals surface area contributed by atoms with Gasteiger partial charge in [-0.15, -0.1) is 0 Å². The van der Waals surface area contributed by atoms with Gasteiger partial charge >= 0.3 is 5.63 Å². The molecule has 2 heterocycles. The Morgan fingerprint density at radius 2 is 1.93 bits per heavy atom. The fourth-order valence-electron chi connectivity index (χ4n) is 4.93. The number of rotatable bonds is 8. The van der Waals surface area contributed by atoms with Gasteiger partial charge in [0, 0.05) is 24.7 Å². The highest BCUT2D eigenvalue weighted by Crippen LogP contribution is 2.38. The molecule has 1 aliphatic heterocycles. The zero-order valence-corrected chi connectivity index (χ0v) is 24.0. The first-order valence-corrected chi connectivity index (χ1v) is 13.2. The molecule has 2 N–H and O–H groups in total. The molecule has 1 fully saturated rings. The molecule has 40 heavy (non-hydrogen) atoms. The van der Waals surface area contributed by atoms with Crippen LogP contribution in [0.1, 0.15) is 62.0 Å². The summed E-state index contributed by atoms with van der Waals surface area (Å²) in [6.45, 7) is 9.63. The van der Waals surface area contributed by atoms with Crippen molar-refractivity contribution in [2.45, 2.75) is 71.9 Å². The Morgan fingerprint density at radius 3 is 2.58 bits per heavy atom. The van der Waals surface area contributed by atoms with E-state index < -0.39 is 23.4 Å². The van der Waals surface area contributed by atoms with Gasteiger partial charge in [0.25, 0.3) is 5.91 Å². The number of aryl methyl sites for hydroxylation is 1. The minimum atomic E-state index is -0.764. The van der Waals surface area contributed by atoms with Gasteiger partial charge in [0.1, 0.15) is 17.1 Å². The molecule has 1 amide bonds. The zero-order valence-electron chi connectivity index (χ0n) is 24.0. The van der Waals surface area contributed by atoms with Gasteiger partial charge in [0.15, 0.2) is 11.4 Å². The molecule has 4 rings (SSSR count). The summed E-state index contributed by atoms with van der Waals surface area (Å²) in [7, 11) is 3.09. The summed E-state index contributed by atoms with van der Waals surface area (Å²) in [5, 5.41) is 13.3. The molecule has 0 radical (unpaired) electrons. The van der Waals surface area contributed by atoms with E-state index in [1.165, 1.54) is 19.2 Å². The number of amides is 1. The Kier molecular flexibility index (Phi) is 8.56. The fourth-order valence-corrected chi connectivity index (χ4v) is 4.93. The van der Waals surface area contributed by atoms with Gasteiger partial charge in [-0.25, -0.2) is 4.79 Å². The predicted molar refractivity (Wildman–Crippen MR) is 153 cm³/mol. The maximum Gasteiger partial charge on any atom is 0.364 e. The van der Waals surface area contributed by atoms with Crippen molar-refractivity contribution in [3.8, 4) is 17.2 Å². The first kappa shape index (κ1) is 29.2. The second-order valence-corrected chi connectivity index (χ2v) is 10.7. The topological polar surface area (TPSA) is 116 Å². The van der Waals surface area contributed by atoms with E-state index in [4.69, 9.17) is 23.4 Å². The molecule has 0 saturated carbocycles. The van der Waals surface area contributed by atoms with Crippen LogP contribution in [-0.2, 0) is 15.9 Å². The normalized spacial score (nSPS) is 18.3. The summed E-state index contributed by atoms with van der Waals surface area (Å²) in [6, 6.07) is 8.03. The van der Waals surface area contributed by atoms with E-state index >= 15 is 0 Å². The first-order chi connectivity index (χ1) is 18.9. The summed E-state index contributed by atoms with van der Waals surface area (Å²) < 4.78 is 29.1. The third-order valence-electron chi connectivity index (χ3n) is 7.16. The molecular formula is C31H37NO8. The van der Waals surface area contributed by atoms with E-state index in [-0.39, 0.29) is 34.4 Å². The summed E-state index contributed by atoms with van der Waals surface area (Å²) >= 11 is 0. The number of hydrogen-bond donors (Lipinski definition) is 2. The van der Waals surface area contributed by atoms with Crippen LogP contribution in [0.15, 0.2) is 51.2 Å².